The van der Waals surface area contributed by atoms with Crippen LogP contribution < -0.4 is 0 Å². The lowest BCUT2D eigenvalue weighted by Crippen LogP contribution is -1.58. The molecule has 0 aliphatic heterocycles. The third-order valence-electron chi connectivity index (χ3n) is 1.01. The molecule has 0 heterocycles. The van der Waals surface area contributed by atoms with Crippen LogP contribution in [0.15, 0.2) is 48.6 Å². The van der Waals surface area contributed by atoms with Crippen molar-refractivity contribution >= 4 is 31.9 Å². The van der Waals surface area contributed by atoms with Crippen LogP contribution in [0.2, 0.25) is 0 Å². The summed E-state index contributed by atoms with van der Waals surface area (Å²) in [6.45, 7) is 0. The molecule has 0 nitrogen and oxygen atoms in total. The zero-order valence-electron chi connectivity index (χ0n) is 6.79. The van der Waals surface area contributed by atoms with E-state index >= 15 is 0 Å². The Bertz CT molecular complexity index is 150. The Morgan fingerprint density at radius 1 is 0.667 bits per heavy atom. The zero-order chi connectivity index (χ0) is 9.07. The van der Waals surface area contributed by atoms with Crippen molar-refractivity contribution in [2.45, 2.75) is 0 Å². The highest BCUT2D eigenvalue weighted by atomic mass is 79.9. The van der Waals surface area contributed by atoms with E-state index in [4.69, 9.17) is 0 Å². The minimum atomic E-state index is 0.957. The van der Waals surface area contributed by atoms with Crippen molar-refractivity contribution in [2.24, 2.45) is 0 Å². The molecule has 0 amide bonds. The molecule has 1 aromatic rings. The van der Waals surface area contributed by atoms with E-state index in [1.807, 2.05) is 36.4 Å². The van der Waals surface area contributed by atoms with Crippen LogP contribution in [0.3, 0.4) is 0 Å². The minimum Gasteiger partial charge on any atom is -0.0883 e. The molecule has 0 bridgehead atoms. The van der Waals surface area contributed by atoms with E-state index < -0.39 is 0 Å². The Morgan fingerprint density at radius 3 is 1.08 bits per heavy atom. The Morgan fingerprint density at radius 2 is 0.917 bits per heavy atom. The topological polar surface area (TPSA) is 0 Å². The molecule has 0 N–H and O–H groups in total. The summed E-state index contributed by atoms with van der Waals surface area (Å²) in [5.41, 5.74) is 0. The lowest BCUT2D eigenvalue weighted by molar-refractivity contribution is 1.71. The van der Waals surface area contributed by atoms with Crippen LogP contribution in [0.25, 0.3) is 0 Å². The van der Waals surface area contributed by atoms with E-state index in [-0.39, 0.29) is 0 Å². The van der Waals surface area contributed by atoms with Crippen molar-refractivity contribution in [3.8, 4) is 0 Å². The number of allylic oxidation sites excluding steroid dienone is 2. The fourth-order valence-electron chi connectivity index (χ4n) is 0.511. The summed E-state index contributed by atoms with van der Waals surface area (Å²) >= 11 is 6.49. The Hall–Kier alpha value is -0.0800. The molecule has 0 fully saturated rings. The standard InChI is InChI=1S/C6H6.C4H6Br2/c1-2-4-6-5-3-1;5-3-1-2-4-6/h1-6H;1-2H,3-4H2/b;2-1+. The third kappa shape index (κ3) is 9.92. The first-order valence-electron chi connectivity index (χ1n) is 3.68. The van der Waals surface area contributed by atoms with Gasteiger partial charge in [-0.15, -0.1) is 0 Å². The fourth-order valence-corrected chi connectivity index (χ4v) is 1.04. The molecule has 12 heavy (non-hydrogen) atoms. The summed E-state index contributed by atoms with van der Waals surface area (Å²) in [5, 5.41) is 1.91. The molecule has 0 spiro atoms. The number of hydrogen-bond donors (Lipinski definition) is 0. The maximum atomic E-state index is 3.24. The van der Waals surface area contributed by atoms with Crippen molar-refractivity contribution < 1.29 is 0 Å². The summed E-state index contributed by atoms with van der Waals surface area (Å²) in [7, 11) is 0. The van der Waals surface area contributed by atoms with Gasteiger partial charge in [-0.3, -0.25) is 0 Å². The first kappa shape index (κ1) is 11.9. The fraction of sp³-hybridized carbons (Fsp3) is 0.200. The second kappa shape index (κ2) is 10.9. The van der Waals surface area contributed by atoms with Crippen LogP contribution in [-0.4, -0.2) is 10.7 Å². The van der Waals surface area contributed by atoms with Gasteiger partial charge in [0.1, 0.15) is 0 Å². The summed E-state index contributed by atoms with van der Waals surface area (Å²) in [5.74, 6) is 0. The third-order valence-corrected chi connectivity index (χ3v) is 1.76. The lowest BCUT2D eigenvalue weighted by atomic mass is 10.4. The number of benzene rings is 1. The molecule has 0 saturated heterocycles. The first-order valence-corrected chi connectivity index (χ1v) is 5.93. The van der Waals surface area contributed by atoms with Crippen LogP contribution >= 0.6 is 31.9 Å². The highest BCUT2D eigenvalue weighted by Crippen LogP contribution is 1.84. The summed E-state index contributed by atoms with van der Waals surface area (Å²) in [4.78, 5) is 0. The monoisotopic (exact) mass is 290 g/mol. The van der Waals surface area contributed by atoms with E-state index in [1.54, 1.807) is 0 Å². The van der Waals surface area contributed by atoms with Gasteiger partial charge in [0.15, 0.2) is 0 Å². The van der Waals surface area contributed by atoms with Crippen LogP contribution in [0.4, 0.5) is 0 Å². The van der Waals surface area contributed by atoms with Crippen molar-refractivity contribution in [1.82, 2.24) is 0 Å². The van der Waals surface area contributed by atoms with E-state index in [0.29, 0.717) is 0 Å². The predicted octanol–water partition coefficient (Wildman–Crippen LogP) is 4.02. The second-order valence-corrected chi connectivity index (χ2v) is 3.23. The van der Waals surface area contributed by atoms with Gasteiger partial charge in [0, 0.05) is 10.7 Å². The Kier molecular flexibility index (Phi) is 10.8. The predicted molar refractivity (Wildman–Crippen MR) is 63.2 cm³/mol. The molecular weight excluding hydrogens is 280 g/mol. The SMILES string of the molecule is BrC/C=C/CBr.c1ccccc1. The Labute approximate surface area is 90.9 Å². The largest absolute Gasteiger partial charge is 0.0883 e. The van der Waals surface area contributed by atoms with Crippen molar-refractivity contribution in [3.63, 3.8) is 0 Å². The molecular formula is C10H12Br2. The summed E-state index contributed by atoms with van der Waals surface area (Å²) < 4.78 is 0. The van der Waals surface area contributed by atoms with E-state index in [1.165, 1.54) is 0 Å². The molecule has 0 aromatic heterocycles. The van der Waals surface area contributed by atoms with Crippen molar-refractivity contribution in [1.29, 1.82) is 0 Å². The molecule has 2 heteroatoms. The van der Waals surface area contributed by atoms with Crippen LogP contribution in [0.5, 0.6) is 0 Å². The van der Waals surface area contributed by atoms with Crippen molar-refractivity contribution in [2.75, 3.05) is 10.7 Å². The maximum absolute atomic E-state index is 3.24. The van der Waals surface area contributed by atoms with Gasteiger partial charge in [0.2, 0.25) is 0 Å². The van der Waals surface area contributed by atoms with Gasteiger partial charge in [-0.25, -0.2) is 0 Å². The molecule has 0 saturated carbocycles. The maximum Gasteiger partial charge on any atom is 0.0212 e. The van der Waals surface area contributed by atoms with Gasteiger partial charge in [0.25, 0.3) is 0 Å². The molecule has 66 valence electrons. The molecule has 0 unspecified atom stereocenters. The number of halogens is 2. The van der Waals surface area contributed by atoms with Gasteiger partial charge < -0.3 is 0 Å². The average molecular weight is 292 g/mol. The minimum absolute atomic E-state index is 0.957. The van der Waals surface area contributed by atoms with Crippen LogP contribution in [-0.2, 0) is 0 Å². The molecule has 1 aromatic carbocycles. The molecule has 0 aliphatic carbocycles. The average Bonchev–Trinajstić information content (AvgIpc) is 2.18. The van der Waals surface area contributed by atoms with Crippen LogP contribution in [0.1, 0.15) is 0 Å². The first-order chi connectivity index (χ1) is 5.91. The summed E-state index contributed by atoms with van der Waals surface area (Å²) in [6, 6.07) is 12.0. The molecule has 0 aliphatic rings. The normalized spacial score (nSPS) is 9.17. The Balaban J connectivity index is 0.000000202. The van der Waals surface area contributed by atoms with E-state index in [9.17, 15) is 0 Å². The highest BCUT2D eigenvalue weighted by molar-refractivity contribution is 9.09. The summed E-state index contributed by atoms with van der Waals surface area (Å²) in [6.07, 6.45) is 4.10. The second-order valence-electron chi connectivity index (χ2n) is 1.93. The molecule has 1 rings (SSSR count). The number of alkyl halides is 2. The smallest absolute Gasteiger partial charge is 0.0212 e. The highest BCUT2D eigenvalue weighted by Gasteiger charge is 1.62. The molecule has 0 radical (unpaired) electrons. The number of rotatable bonds is 2. The van der Waals surface area contributed by atoms with Gasteiger partial charge in [-0.1, -0.05) is 80.4 Å². The number of hydrogen-bond acceptors (Lipinski definition) is 0. The van der Waals surface area contributed by atoms with Crippen molar-refractivity contribution in [3.05, 3.63) is 48.6 Å². The van der Waals surface area contributed by atoms with Crippen LogP contribution in [0, 0.1) is 0 Å². The zero-order valence-corrected chi connectivity index (χ0v) is 9.96. The lowest BCUT2D eigenvalue weighted by Gasteiger charge is -1.70. The quantitative estimate of drug-likeness (QED) is 0.570. The molecule has 0 atom stereocenters. The van der Waals surface area contributed by atoms with Gasteiger partial charge in [0.05, 0.1) is 0 Å². The van der Waals surface area contributed by atoms with E-state index in [0.717, 1.165) is 10.7 Å². The van der Waals surface area contributed by atoms with Gasteiger partial charge in [-0.2, -0.15) is 0 Å². The van der Waals surface area contributed by atoms with Gasteiger partial charge >= 0.3 is 0 Å². The van der Waals surface area contributed by atoms with Gasteiger partial charge in [-0.05, 0) is 0 Å². The van der Waals surface area contributed by atoms with E-state index in [2.05, 4.69) is 44.0 Å².